The van der Waals surface area contributed by atoms with Gasteiger partial charge in [0.25, 0.3) is 5.91 Å². The number of halogens is 2. The van der Waals surface area contributed by atoms with Crippen molar-refractivity contribution in [1.82, 2.24) is 15.2 Å². The zero-order valence-corrected chi connectivity index (χ0v) is 22.3. The molecule has 0 saturated carbocycles. The Bertz CT molecular complexity index is 1230. The van der Waals surface area contributed by atoms with Crippen LogP contribution < -0.4 is 15.1 Å². The summed E-state index contributed by atoms with van der Waals surface area (Å²) in [5.41, 5.74) is 0.0883. The summed E-state index contributed by atoms with van der Waals surface area (Å²) in [6.07, 6.45) is 1.87. The van der Waals surface area contributed by atoms with E-state index in [4.69, 9.17) is 9.47 Å². The van der Waals surface area contributed by atoms with E-state index >= 15 is 8.78 Å². The zero-order valence-electron chi connectivity index (χ0n) is 22.3. The summed E-state index contributed by atoms with van der Waals surface area (Å²) in [6, 6.07) is 4.55. The molecule has 2 aliphatic heterocycles. The van der Waals surface area contributed by atoms with E-state index in [0.717, 1.165) is 17.0 Å². The number of esters is 1. The number of nitrogens with one attached hydrogen (secondary N) is 1. The standard InChI is InChI=1S/C27H31F2N5O6/c1-3-39-23(35)7-6-20-16-34(27(38)40-20)19-13-21(28)24(22(29)14-19)32-9-11-33(12-10-32)26(37)17(2)31-25(36)18-5-4-8-30-15-18/h4-5,8,13-15,17,20H,3,6-7,9-12,16H2,1-2H3,(H,31,36)/t17-,20+/m1/s1. The van der Waals surface area contributed by atoms with E-state index in [1.807, 2.05) is 0 Å². The van der Waals surface area contributed by atoms with Crippen LogP contribution in [-0.4, -0.2) is 85.2 Å². The molecule has 3 amide bonds. The van der Waals surface area contributed by atoms with Crippen molar-refractivity contribution >= 4 is 35.3 Å². The third-order valence-corrected chi connectivity index (χ3v) is 6.71. The number of hydrogen-bond acceptors (Lipinski definition) is 8. The van der Waals surface area contributed by atoms with Gasteiger partial charge in [-0.25, -0.2) is 13.6 Å². The second-order valence-corrected chi connectivity index (χ2v) is 9.47. The largest absolute Gasteiger partial charge is 0.466 e. The van der Waals surface area contributed by atoms with Crippen molar-refractivity contribution in [2.24, 2.45) is 0 Å². The molecular formula is C27H31F2N5O6. The first-order chi connectivity index (χ1) is 19.2. The first-order valence-corrected chi connectivity index (χ1v) is 13.0. The average Bonchev–Trinajstić information content (AvgIpc) is 3.32. The van der Waals surface area contributed by atoms with E-state index in [2.05, 4.69) is 10.3 Å². The quantitative estimate of drug-likeness (QED) is 0.466. The van der Waals surface area contributed by atoms with Gasteiger partial charge in [0, 0.05) is 57.1 Å². The number of nitrogens with zero attached hydrogens (tertiary/aromatic N) is 4. The van der Waals surface area contributed by atoms with Crippen LogP contribution in [0.5, 0.6) is 0 Å². The molecule has 2 aliphatic rings. The molecule has 1 N–H and O–H groups in total. The summed E-state index contributed by atoms with van der Waals surface area (Å²) in [5, 5.41) is 2.64. The van der Waals surface area contributed by atoms with Crippen molar-refractivity contribution < 1.29 is 37.4 Å². The molecule has 2 aromatic rings. The molecule has 11 nitrogen and oxygen atoms in total. The van der Waals surface area contributed by atoms with Crippen molar-refractivity contribution in [1.29, 1.82) is 0 Å². The van der Waals surface area contributed by atoms with Crippen LogP contribution in [0.3, 0.4) is 0 Å². The minimum absolute atomic E-state index is 0.00869. The number of pyridine rings is 1. The van der Waals surface area contributed by atoms with Gasteiger partial charge in [-0.05, 0) is 32.4 Å². The molecule has 0 aliphatic carbocycles. The lowest BCUT2D eigenvalue weighted by atomic mass is 10.1. The molecule has 1 aromatic carbocycles. The van der Waals surface area contributed by atoms with Crippen LogP contribution in [0.2, 0.25) is 0 Å². The summed E-state index contributed by atoms with van der Waals surface area (Å²) in [5.74, 6) is -2.85. The summed E-state index contributed by atoms with van der Waals surface area (Å²) in [4.78, 5) is 57.2. The molecule has 40 heavy (non-hydrogen) atoms. The number of hydrogen-bond donors (Lipinski definition) is 1. The molecule has 214 valence electrons. The van der Waals surface area contributed by atoms with E-state index in [0.29, 0.717) is 5.56 Å². The van der Waals surface area contributed by atoms with Crippen LogP contribution in [0.15, 0.2) is 36.7 Å². The number of carbonyl (C=O) groups is 4. The number of ether oxygens (including phenoxy) is 2. The van der Waals surface area contributed by atoms with E-state index in [1.165, 1.54) is 22.2 Å². The Morgan fingerprint density at radius 3 is 2.50 bits per heavy atom. The predicted molar refractivity (Wildman–Crippen MR) is 140 cm³/mol. The molecule has 3 heterocycles. The number of benzene rings is 1. The lowest BCUT2D eigenvalue weighted by Gasteiger charge is -2.37. The van der Waals surface area contributed by atoms with Crippen molar-refractivity contribution in [3.8, 4) is 0 Å². The van der Waals surface area contributed by atoms with Crippen molar-refractivity contribution in [3.05, 3.63) is 53.9 Å². The summed E-state index contributed by atoms with van der Waals surface area (Å²) < 4.78 is 40.4. The summed E-state index contributed by atoms with van der Waals surface area (Å²) >= 11 is 0. The SMILES string of the molecule is CCOC(=O)CC[C@H]1CN(c2cc(F)c(N3CCN(C(=O)[C@@H](C)NC(=O)c4cccnc4)CC3)c(F)c2)C(=O)O1. The molecule has 0 unspecified atom stereocenters. The van der Waals surface area contributed by atoms with Gasteiger partial charge in [-0.2, -0.15) is 0 Å². The Hall–Kier alpha value is -4.29. The highest BCUT2D eigenvalue weighted by Crippen LogP contribution is 2.32. The molecule has 0 spiro atoms. The maximum atomic E-state index is 15.1. The number of rotatable bonds is 9. The van der Waals surface area contributed by atoms with Gasteiger partial charge in [-0.1, -0.05) is 0 Å². The number of aromatic nitrogens is 1. The number of anilines is 2. The van der Waals surface area contributed by atoms with Crippen LogP contribution in [0.4, 0.5) is 25.0 Å². The van der Waals surface area contributed by atoms with Gasteiger partial charge in [0.1, 0.15) is 17.8 Å². The molecule has 0 bridgehead atoms. The van der Waals surface area contributed by atoms with E-state index < -0.39 is 41.7 Å². The zero-order chi connectivity index (χ0) is 28.8. The Balaban J connectivity index is 1.33. The molecule has 2 saturated heterocycles. The molecule has 13 heteroatoms. The van der Waals surface area contributed by atoms with Gasteiger partial charge in [0.15, 0.2) is 11.6 Å². The highest BCUT2D eigenvalue weighted by molar-refractivity contribution is 5.97. The molecule has 0 radical (unpaired) electrons. The highest BCUT2D eigenvalue weighted by atomic mass is 19.1. The minimum Gasteiger partial charge on any atom is -0.466 e. The topological polar surface area (TPSA) is 121 Å². The van der Waals surface area contributed by atoms with Crippen LogP contribution in [-0.2, 0) is 19.1 Å². The molecular weight excluding hydrogens is 528 g/mol. The fraction of sp³-hybridized carbons (Fsp3) is 0.444. The smallest absolute Gasteiger partial charge is 0.414 e. The van der Waals surface area contributed by atoms with Crippen molar-refractivity contribution in [2.75, 3.05) is 49.1 Å². The predicted octanol–water partition coefficient (Wildman–Crippen LogP) is 2.50. The fourth-order valence-electron chi connectivity index (χ4n) is 4.67. The highest BCUT2D eigenvalue weighted by Gasteiger charge is 2.34. The van der Waals surface area contributed by atoms with Crippen LogP contribution in [0, 0.1) is 11.6 Å². The van der Waals surface area contributed by atoms with Gasteiger partial charge in [0.2, 0.25) is 5.91 Å². The second-order valence-electron chi connectivity index (χ2n) is 9.47. The second kappa shape index (κ2) is 12.7. The average molecular weight is 560 g/mol. The third kappa shape index (κ3) is 6.64. The summed E-state index contributed by atoms with van der Waals surface area (Å²) in [6.45, 7) is 4.30. The van der Waals surface area contributed by atoms with Gasteiger partial charge in [0.05, 0.1) is 24.4 Å². The molecule has 2 atom stereocenters. The van der Waals surface area contributed by atoms with Gasteiger partial charge in [-0.3, -0.25) is 24.3 Å². The van der Waals surface area contributed by atoms with Crippen LogP contribution in [0.1, 0.15) is 37.0 Å². The monoisotopic (exact) mass is 559 g/mol. The number of cyclic esters (lactones) is 1. The van der Waals surface area contributed by atoms with E-state index in [-0.39, 0.29) is 69.5 Å². The van der Waals surface area contributed by atoms with Gasteiger partial charge < -0.3 is 24.6 Å². The van der Waals surface area contributed by atoms with Crippen molar-refractivity contribution in [2.45, 2.75) is 38.8 Å². The van der Waals surface area contributed by atoms with Crippen LogP contribution in [0.25, 0.3) is 0 Å². The van der Waals surface area contributed by atoms with Crippen molar-refractivity contribution in [3.63, 3.8) is 0 Å². The maximum absolute atomic E-state index is 15.1. The molecule has 4 rings (SSSR count). The minimum atomic E-state index is -0.852. The lowest BCUT2D eigenvalue weighted by molar-refractivity contribution is -0.143. The Kier molecular flexibility index (Phi) is 9.12. The first kappa shape index (κ1) is 28.7. The lowest BCUT2D eigenvalue weighted by Crippen LogP contribution is -2.54. The number of piperazine rings is 1. The Morgan fingerprint density at radius 1 is 1.18 bits per heavy atom. The van der Waals surface area contributed by atoms with Crippen LogP contribution >= 0.6 is 0 Å². The van der Waals surface area contributed by atoms with Gasteiger partial charge in [-0.15, -0.1) is 0 Å². The van der Waals surface area contributed by atoms with E-state index in [9.17, 15) is 19.2 Å². The fourth-order valence-corrected chi connectivity index (χ4v) is 4.67. The third-order valence-electron chi connectivity index (χ3n) is 6.71. The maximum Gasteiger partial charge on any atom is 0.414 e. The number of amides is 3. The normalized spacial score (nSPS) is 17.9. The Labute approximate surface area is 230 Å². The van der Waals surface area contributed by atoms with E-state index in [1.54, 1.807) is 26.0 Å². The van der Waals surface area contributed by atoms with Gasteiger partial charge >= 0.3 is 12.1 Å². The Morgan fingerprint density at radius 2 is 1.88 bits per heavy atom. The number of carbonyl (C=O) groups excluding carboxylic acids is 4. The summed E-state index contributed by atoms with van der Waals surface area (Å²) in [7, 11) is 0. The first-order valence-electron chi connectivity index (χ1n) is 13.0. The molecule has 1 aromatic heterocycles. The molecule has 2 fully saturated rings.